The topological polar surface area (TPSA) is 73.7 Å². The summed E-state index contributed by atoms with van der Waals surface area (Å²) >= 11 is 6.15. The molecule has 29 heavy (non-hydrogen) atoms. The Morgan fingerprint density at radius 2 is 1.83 bits per heavy atom. The minimum atomic E-state index is 0.400. The van der Waals surface area contributed by atoms with E-state index in [-0.39, 0.29) is 0 Å². The number of hydrogen-bond donors (Lipinski definition) is 2. The molecule has 0 unspecified atom stereocenters. The summed E-state index contributed by atoms with van der Waals surface area (Å²) in [4.78, 5) is 7.61. The summed E-state index contributed by atoms with van der Waals surface area (Å²) in [6.45, 7) is 0.400. The van der Waals surface area contributed by atoms with Gasteiger partial charge in [0.15, 0.2) is 5.82 Å². The van der Waals surface area contributed by atoms with E-state index >= 15 is 0 Å². The fourth-order valence-electron chi connectivity index (χ4n) is 2.81. The van der Waals surface area contributed by atoms with Crippen molar-refractivity contribution < 1.29 is 4.74 Å². The number of halogens is 1. The molecule has 0 amide bonds. The maximum atomic E-state index is 9.48. The van der Waals surface area contributed by atoms with Crippen LogP contribution in [0.15, 0.2) is 79.0 Å². The molecule has 0 bridgehead atoms. The summed E-state index contributed by atoms with van der Waals surface area (Å²) in [5, 5.41) is 13.3. The summed E-state index contributed by atoms with van der Waals surface area (Å²) < 4.78 is 5.78. The second kappa shape index (κ2) is 8.51. The number of hydrogen-bond acceptors (Lipinski definition) is 4. The highest BCUT2D eigenvalue weighted by Crippen LogP contribution is 2.21. The number of aromatic amines is 1. The van der Waals surface area contributed by atoms with Crippen LogP contribution in [0.5, 0.6) is 5.75 Å². The van der Waals surface area contributed by atoms with E-state index in [1.165, 1.54) is 0 Å². The number of aromatic nitrogens is 2. The Balaban J connectivity index is 1.42. The van der Waals surface area contributed by atoms with Gasteiger partial charge in [0.05, 0.1) is 11.0 Å². The molecular formula is C23H17ClN4O. The summed E-state index contributed by atoms with van der Waals surface area (Å²) in [6, 6.07) is 24.9. The van der Waals surface area contributed by atoms with Gasteiger partial charge in [0.1, 0.15) is 24.0 Å². The maximum Gasteiger partial charge on any atom is 0.150 e. The zero-order chi connectivity index (χ0) is 20.1. The first-order chi connectivity index (χ1) is 14.2. The van der Waals surface area contributed by atoms with Gasteiger partial charge in [0.2, 0.25) is 0 Å². The lowest BCUT2D eigenvalue weighted by Gasteiger charge is -2.08. The van der Waals surface area contributed by atoms with Crippen LogP contribution < -0.4 is 10.1 Å². The van der Waals surface area contributed by atoms with Crippen molar-refractivity contribution in [1.82, 2.24) is 9.97 Å². The van der Waals surface area contributed by atoms with Crippen molar-refractivity contribution in [2.75, 3.05) is 5.32 Å². The van der Waals surface area contributed by atoms with Gasteiger partial charge >= 0.3 is 0 Å². The van der Waals surface area contributed by atoms with Gasteiger partial charge in [0, 0.05) is 22.5 Å². The molecule has 0 aliphatic heterocycles. The summed E-state index contributed by atoms with van der Waals surface area (Å²) in [5.41, 5.74) is 3.90. The first kappa shape index (κ1) is 18.6. The minimum absolute atomic E-state index is 0.400. The number of anilines is 1. The van der Waals surface area contributed by atoms with Gasteiger partial charge in [-0.05, 0) is 42.5 Å². The number of nitrogens with zero attached hydrogens (tertiary/aromatic N) is 2. The van der Waals surface area contributed by atoms with Crippen molar-refractivity contribution in [1.29, 1.82) is 5.26 Å². The zero-order valence-corrected chi connectivity index (χ0v) is 16.1. The van der Waals surface area contributed by atoms with Gasteiger partial charge in [-0.25, -0.2) is 4.98 Å². The molecule has 142 valence electrons. The van der Waals surface area contributed by atoms with Gasteiger partial charge < -0.3 is 15.0 Å². The molecule has 0 fully saturated rings. The second-order valence-electron chi connectivity index (χ2n) is 6.32. The number of nitriles is 1. The molecule has 0 spiro atoms. The Morgan fingerprint density at radius 3 is 2.59 bits per heavy atom. The third-order valence-electron chi connectivity index (χ3n) is 4.35. The molecule has 0 saturated heterocycles. The zero-order valence-electron chi connectivity index (χ0n) is 15.4. The predicted molar refractivity (Wildman–Crippen MR) is 116 cm³/mol. The van der Waals surface area contributed by atoms with Crippen molar-refractivity contribution in [3.63, 3.8) is 0 Å². The molecule has 4 aromatic rings. The lowest BCUT2D eigenvalue weighted by atomic mass is 10.2. The first-order valence-electron chi connectivity index (χ1n) is 9.01. The minimum Gasteiger partial charge on any atom is -0.489 e. The van der Waals surface area contributed by atoms with Crippen molar-refractivity contribution in [2.24, 2.45) is 0 Å². The number of ether oxygens (including phenoxy) is 1. The molecule has 4 rings (SSSR count). The normalized spacial score (nSPS) is 11.2. The van der Waals surface area contributed by atoms with Crippen LogP contribution in [0, 0.1) is 11.3 Å². The van der Waals surface area contributed by atoms with Crippen LogP contribution in [-0.4, -0.2) is 9.97 Å². The number of imidazole rings is 1. The third-order valence-corrected chi connectivity index (χ3v) is 4.72. The fraction of sp³-hybridized carbons (Fsp3) is 0.0435. The molecular weight excluding hydrogens is 384 g/mol. The average molecular weight is 401 g/mol. The molecule has 6 heteroatoms. The Morgan fingerprint density at radius 1 is 1.07 bits per heavy atom. The van der Waals surface area contributed by atoms with Crippen LogP contribution in [0.2, 0.25) is 5.02 Å². The molecule has 0 aliphatic rings. The number of para-hydroxylation sites is 2. The van der Waals surface area contributed by atoms with Crippen molar-refractivity contribution in [3.05, 3.63) is 95.4 Å². The predicted octanol–water partition coefficient (Wildman–Crippen LogP) is 5.77. The van der Waals surface area contributed by atoms with Gasteiger partial charge in [-0.2, -0.15) is 5.26 Å². The van der Waals surface area contributed by atoms with Crippen LogP contribution >= 0.6 is 11.6 Å². The van der Waals surface area contributed by atoms with Crippen molar-refractivity contribution in [3.8, 4) is 11.8 Å². The standard InChI is InChI=1S/C23H17ClN4O/c24-20-6-2-1-5-16(20)15-29-19-11-9-18(10-12-19)26-14-17(13-25)23-27-21-7-3-4-8-22(21)28-23/h1-12,14,26H,15H2,(H,27,28)/b17-14+. The third kappa shape index (κ3) is 4.40. The number of rotatable bonds is 6. The van der Waals surface area contributed by atoms with Gasteiger partial charge in [-0.15, -0.1) is 0 Å². The average Bonchev–Trinajstić information content (AvgIpc) is 3.18. The van der Waals surface area contributed by atoms with Crippen LogP contribution in [0.4, 0.5) is 5.69 Å². The summed E-state index contributed by atoms with van der Waals surface area (Å²) in [6.07, 6.45) is 1.64. The lowest BCUT2D eigenvalue weighted by Crippen LogP contribution is -1.96. The number of nitrogens with one attached hydrogen (secondary N) is 2. The Hall–Kier alpha value is -3.75. The van der Waals surface area contributed by atoms with E-state index in [4.69, 9.17) is 16.3 Å². The molecule has 5 nitrogen and oxygen atoms in total. The highest BCUT2D eigenvalue weighted by atomic mass is 35.5. The van der Waals surface area contributed by atoms with Crippen LogP contribution in [-0.2, 0) is 6.61 Å². The molecule has 1 aromatic heterocycles. The van der Waals surface area contributed by atoms with E-state index in [1.54, 1.807) is 6.20 Å². The molecule has 2 N–H and O–H groups in total. The quantitative estimate of drug-likeness (QED) is 0.403. The largest absolute Gasteiger partial charge is 0.489 e. The Labute approximate surface area is 173 Å². The van der Waals surface area contributed by atoms with E-state index in [1.807, 2.05) is 72.8 Å². The number of fused-ring (bicyclic) bond motifs is 1. The lowest BCUT2D eigenvalue weighted by molar-refractivity contribution is 0.306. The molecule has 0 atom stereocenters. The van der Waals surface area contributed by atoms with Crippen LogP contribution in [0.1, 0.15) is 11.4 Å². The van der Waals surface area contributed by atoms with Gasteiger partial charge in [-0.3, -0.25) is 0 Å². The molecule has 1 heterocycles. The number of allylic oxidation sites excluding steroid dienone is 1. The summed E-state index contributed by atoms with van der Waals surface area (Å²) in [5.74, 6) is 1.26. The second-order valence-corrected chi connectivity index (χ2v) is 6.73. The highest BCUT2D eigenvalue weighted by molar-refractivity contribution is 6.31. The van der Waals surface area contributed by atoms with Crippen molar-refractivity contribution in [2.45, 2.75) is 6.61 Å². The molecule has 0 aliphatic carbocycles. The molecule has 0 saturated carbocycles. The van der Waals surface area contributed by atoms with Crippen LogP contribution in [0.3, 0.4) is 0 Å². The van der Waals surface area contributed by atoms with E-state index in [0.717, 1.165) is 28.0 Å². The van der Waals surface area contributed by atoms with Gasteiger partial charge in [0.25, 0.3) is 0 Å². The SMILES string of the molecule is N#C/C(=C\Nc1ccc(OCc2ccccc2Cl)cc1)c1nc2ccccc2[nH]1. The van der Waals surface area contributed by atoms with E-state index < -0.39 is 0 Å². The monoisotopic (exact) mass is 400 g/mol. The number of benzene rings is 3. The smallest absolute Gasteiger partial charge is 0.150 e. The van der Waals surface area contributed by atoms with E-state index in [0.29, 0.717) is 23.0 Å². The first-order valence-corrected chi connectivity index (χ1v) is 9.39. The van der Waals surface area contributed by atoms with Gasteiger partial charge in [-0.1, -0.05) is 41.9 Å². The Kier molecular flexibility index (Phi) is 5.46. The summed E-state index contributed by atoms with van der Waals surface area (Å²) in [7, 11) is 0. The number of H-pyrrole nitrogens is 1. The maximum absolute atomic E-state index is 9.48. The molecule has 0 radical (unpaired) electrons. The Bertz CT molecular complexity index is 1170. The highest BCUT2D eigenvalue weighted by Gasteiger charge is 2.07. The van der Waals surface area contributed by atoms with E-state index in [2.05, 4.69) is 21.4 Å². The molecule has 3 aromatic carbocycles. The van der Waals surface area contributed by atoms with Crippen molar-refractivity contribution >= 4 is 33.9 Å². The van der Waals surface area contributed by atoms with Crippen LogP contribution in [0.25, 0.3) is 16.6 Å². The fourth-order valence-corrected chi connectivity index (χ4v) is 3.00. The van der Waals surface area contributed by atoms with E-state index in [9.17, 15) is 5.26 Å².